The molecule has 0 saturated carbocycles. The maximum Gasteiger partial charge on any atom is 0.224 e. The first-order chi connectivity index (χ1) is 10.7. The van der Waals surface area contributed by atoms with Crippen molar-refractivity contribution in [3.05, 3.63) is 18.2 Å². The number of rotatable bonds is 8. The largest absolute Gasteiger partial charge is 0.494 e. The van der Waals surface area contributed by atoms with Crippen molar-refractivity contribution in [1.82, 2.24) is 5.32 Å². The highest BCUT2D eigenvalue weighted by Gasteiger charge is 2.16. The SMILES string of the molecule is CCOc1ccc(OCC)c(NC(=O)CCC2CCCN2)c1. The molecular formula is C17H26N2O3. The summed E-state index contributed by atoms with van der Waals surface area (Å²) in [6, 6.07) is 5.99. The van der Waals surface area contributed by atoms with Crippen LogP contribution in [0.25, 0.3) is 0 Å². The second-order valence-electron chi connectivity index (χ2n) is 5.40. The Morgan fingerprint density at radius 1 is 1.32 bits per heavy atom. The van der Waals surface area contributed by atoms with E-state index in [1.165, 1.54) is 6.42 Å². The molecule has 2 N–H and O–H groups in total. The fourth-order valence-electron chi connectivity index (χ4n) is 2.67. The van der Waals surface area contributed by atoms with Gasteiger partial charge in [-0.15, -0.1) is 0 Å². The number of nitrogens with one attached hydrogen (secondary N) is 2. The maximum absolute atomic E-state index is 12.2. The number of ether oxygens (including phenoxy) is 2. The van der Waals surface area contributed by atoms with Gasteiger partial charge in [-0.05, 0) is 51.8 Å². The van der Waals surface area contributed by atoms with Crippen LogP contribution in [0.2, 0.25) is 0 Å². The van der Waals surface area contributed by atoms with Crippen LogP contribution >= 0.6 is 0 Å². The summed E-state index contributed by atoms with van der Waals surface area (Å²) in [6.45, 7) is 6.08. The molecule has 0 spiro atoms. The average molecular weight is 306 g/mol. The van der Waals surface area contributed by atoms with E-state index in [2.05, 4.69) is 10.6 Å². The molecule has 1 atom stereocenters. The van der Waals surface area contributed by atoms with Gasteiger partial charge in [0.1, 0.15) is 11.5 Å². The van der Waals surface area contributed by atoms with E-state index in [0.29, 0.717) is 37.1 Å². The minimum Gasteiger partial charge on any atom is -0.494 e. The van der Waals surface area contributed by atoms with Gasteiger partial charge in [-0.2, -0.15) is 0 Å². The molecule has 22 heavy (non-hydrogen) atoms. The minimum absolute atomic E-state index is 0.0169. The third kappa shape index (κ3) is 4.91. The highest BCUT2D eigenvalue weighted by Crippen LogP contribution is 2.29. The van der Waals surface area contributed by atoms with Crippen molar-refractivity contribution in [2.75, 3.05) is 25.1 Å². The number of carbonyl (C=O) groups excluding carboxylic acids is 1. The van der Waals surface area contributed by atoms with E-state index in [1.54, 1.807) is 0 Å². The van der Waals surface area contributed by atoms with E-state index in [-0.39, 0.29) is 5.91 Å². The fraction of sp³-hybridized carbons (Fsp3) is 0.588. The van der Waals surface area contributed by atoms with E-state index >= 15 is 0 Å². The molecule has 1 aromatic carbocycles. The lowest BCUT2D eigenvalue weighted by Gasteiger charge is -2.14. The first-order valence-electron chi connectivity index (χ1n) is 8.15. The van der Waals surface area contributed by atoms with Gasteiger partial charge in [0.15, 0.2) is 0 Å². The van der Waals surface area contributed by atoms with Crippen molar-refractivity contribution in [2.24, 2.45) is 0 Å². The number of anilines is 1. The fourth-order valence-corrected chi connectivity index (χ4v) is 2.67. The first-order valence-corrected chi connectivity index (χ1v) is 8.15. The lowest BCUT2D eigenvalue weighted by Crippen LogP contribution is -2.23. The molecular weight excluding hydrogens is 280 g/mol. The molecule has 2 rings (SSSR count). The average Bonchev–Trinajstić information content (AvgIpc) is 3.02. The Hall–Kier alpha value is -1.75. The maximum atomic E-state index is 12.2. The van der Waals surface area contributed by atoms with E-state index < -0.39 is 0 Å². The van der Waals surface area contributed by atoms with Crippen molar-refractivity contribution in [2.45, 2.75) is 45.6 Å². The van der Waals surface area contributed by atoms with Crippen LogP contribution in [0.4, 0.5) is 5.69 Å². The Balaban J connectivity index is 1.95. The van der Waals surface area contributed by atoms with Gasteiger partial charge in [0.2, 0.25) is 5.91 Å². The smallest absolute Gasteiger partial charge is 0.224 e. The Morgan fingerprint density at radius 2 is 2.14 bits per heavy atom. The highest BCUT2D eigenvalue weighted by atomic mass is 16.5. The van der Waals surface area contributed by atoms with Gasteiger partial charge in [-0.25, -0.2) is 0 Å². The van der Waals surface area contributed by atoms with Gasteiger partial charge in [0.05, 0.1) is 18.9 Å². The summed E-state index contributed by atoms with van der Waals surface area (Å²) in [7, 11) is 0. The van der Waals surface area contributed by atoms with E-state index in [4.69, 9.17) is 9.47 Å². The summed E-state index contributed by atoms with van der Waals surface area (Å²) in [5.41, 5.74) is 0.678. The van der Waals surface area contributed by atoms with Crippen LogP contribution in [0.1, 0.15) is 39.5 Å². The molecule has 1 amide bonds. The summed E-state index contributed by atoms with van der Waals surface area (Å²) in [5, 5.41) is 6.36. The quantitative estimate of drug-likeness (QED) is 0.775. The van der Waals surface area contributed by atoms with Gasteiger partial charge in [-0.1, -0.05) is 0 Å². The number of amides is 1. The predicted octanol–water partition coefficient (Wildman–Crippen LogP) is 2.95. The molecule has 1 unspecified atom stereocenters. The van der Waals surface area contributed by atoms with Crippen molar-refractivity contribution < 1.29 is 14.3 Å². The summed E-state index contributed by atoms with van der Waals surface area (Å²) in [6.07, 6.45) is 3.76. The standard InChI is InChI=1S/C17H26N2O3/c1-3-21-14-8-9-16(22-4-2)15(12-14)19-17(20)10-7-13-6-5-11-18-13/h8-9,12-13,18H,3-7,10-11H2,1-2H3,(H,19,20). The van der Waals surface area contributed by atoms with Gasteiger partial charge < -0.3 is 20.1 Å². The predicted molar refractivity (Wildman–Crippen MR) is 87.7 cm³/mol. The summed E-state index contributed by atoms with van der Waals surface area (Å²) < 4.78 is 11.1. The molecule has 1 saturated heterocycles. The molecule has 1 aliphatic heterocycles. The molecule has 0 aromatic heterocycles. The Bertz CT molecular complexity index is 485. The van der Waals surface area contributed by atoms with Crippen molar-refractivity contribution >= 4 is 11.6 Å². The molecule has 0 bridgehead atoms. The number of carbonyl (C=O) groups is 1. The third-order valence-corrected chi connectivity index (χ3v) is 3.72. The van der Waals surface area contributed by atoms with Crippen LogP contribution < -0.4 is 20.1 Å². The minimum atomic E-state index is 0.0169. The van der Waals surface area contributed by atoms with Gasteiger partial charge in [-0.3, -0.25) is 4.79 Å². The van der Waals surface area contributed by atoms with Crippen LogP contribution in [0.5, 0.6) is 11.5 Å². The molecule has 1 fully saturated rings. The molecule has 0 aliphatic carbocycles. The third-order valence-electron chi connectivity index (χ3n) is 3.72. The first kappa shape index (κ1) is 16.6. The number of hydrogen-bond acceptors (Lipinski definition) is 4. The van der Waals surface area contributed by atoms with Crippen molar-refractivity contribution in [3.63, 3.8) is 0 Å². The van der Waals surface area contributed by atoms with E-state index in [0.717, 1.165) is 25.1 Å². The molecule has 1 aromatic rings. The molecule has 0 radical (unpaired) electrons. The zero-order chi connectivity index (χ0) is 15.8. The van der Waals surface area contributed by atoms with Crippen LogP contribution in [0, 0.1) is 0 Å². The van der Waals surface area contributed by atoms with E-state index in [9.17, 15) is 4.79 Å². The van der Waals surface area contributed by atoms with Crippen LogP contribution in [0.15, 0.2) is 18.2 Å². The zero-order valence-electron chi connectivity index (χ0n) is 13.5. The van der Waals surface area contributed by atoms with Crippen LogP contribution in [0.3, 0.4) is 0 Å². The molecule has 1 heterocycles. The Kier molecular flexibility index (Phi) is 6.52. The van der Waals surface area contributed by atoms with Crippen molar-refractivity contribution in [1.29, 1.82) is 0 Å². The molecule has 5 heteroatoms. The Labute approximate surface area is 132 Å². The van der Waals surface area contributed by atoms with E-state index in [1.807, 2.05) is 32.0 Å². The lowest BCUT2D eigenvalue weighted by atomic mass is 10.1. The highest BCUT2D eigenvalue weighted by molar-refractivity contribution is 5.92. The number of benzene rings is 1. The molecule has 1 aliphatic rings. The monoisotopic (exact) mass is 306 g/mol. The second-order valence-corrected chi connectivity index (χ2v) is 5.40. The normalized spacial score (nSPS) is 17.3. The van der Waals surface area contributed by atoms with Gasteiger partial charge >= 0.3 is 0 Å². The van der Waals surface area contributed by atoms with Crippen LogP contribution in [-0.4, -0.2) is 31.7 Å². The molecule has 122 valence electrons. The summed E-state index contributed by atoms with van der Waals surface area (Å²) in [5.74, 6) is 1.43. The zero-order valence-corrected chi connectivity index (χ0v) is 13.5. The summed E-state index contributed by atoms with van der Waals surface area (Å²) in [4.78, 5) is 12.2. The number of hydrogen-bond donors (Lipinski definition) is 2. The summed E-state index contributed by atoms with van der Waals surface area (Å²) >= 11 is 0. The topological polar surface area (TPSA) is 59.6 Å². The Morgan fingerprint density at radius 3 is 2.82 bits per heavy atom. The molecule has 5 nitrogen and oxygen atoms in total. The second kappa shape index (κ2) is 8.63. The van der Waals surface area contributed by atoms with Gasteiger partial charge in [0, 0.05) is 18.5 Å². The van der Waals surface area contributed by atoms with Gasteiger partial charge in [0.25, 0.3) is 0 Å². The van der Waals surface area contributed by atoms with Crippen molar-refractivity contribution in [3.8, 4) is 11.5 Å². The lowest BCUT2D eigenvalue weighted by molar-refractivity contribution is -0.116. The van der Waals surface area contributed by atoms with Crippen LogP contribution in [-0.2, 0) is 4.79 Å².